The first-order chi connectivity index (χ1) is 11.2. The van der Waals surface area contributed by atoms with Crippen LogP contribution in [0.15, 0.2) is 38.6 Å². The van der Waals surface area contributed by atoms with Crippen molar-refractivity contribution in [3.63, 3.8) is 0 Å². The molecule has 7 heteroatoms. The van der Waals surface area contributed by atoms with Gasteiger partial charge >= 0.3 is 0 Å². The van der Waals surface area contributed by atoms with Crippen LogP contribution in [0.3, 0.4) is 0 Å². The molecule has 0 spiro atoms. The van der Waals surface area contributed by atoms with Gasteiger partial charge in [-0.15, -0.1) is 0 Å². The number of amidine groups is 1. The Morgan fingerprint density at radius 3 is 2.57 bits per heavy atom. The van der Waals surface area contributed by atoms with Crippen molar-refractivity contribution in [2.45, 2.75) is 0 Å². The molecule has 0 radical (unpaired) electrons. The number of piperazine rings is 1. The summed E-state index contributed by atoms with van der Waals surface area (Å²) in [6.45, 7) is 4.35. The number of rotatable bonds is 3. The van der Waals surface area contributed by atoms with Gasteiger partial charge in [0, 0.05) is 37.2 Å². The van der Waals surface area contributed by atoms with E-state index in [0.29, 0.717) is 11.4 Å². The summed E-state index contributed by atoms with van der Waals surface area (Å²) in [5, 5.41) is 9.78. The minimum absolute atomic E-state index is 0.161. The third-order valence-corrected chi connectivity index (χ3v) is 5.41. The Morgan fingerprint density at radius 1 is 1.22 bits per heavy atom. The van der Waals surface area contributed by atoms with Crippen LogP contribution in [0.25, 0.3) is 6.08 Å². The highest BCUT2D eigenvalue weighted by atomic mass is 79.9. The quantitative estimate of drug-likeness (QED) is 0.793. The molecule has 1 N–H and O–H groups in total. The number of aliphatic hydroxyl groups is 1. The molecule has 5 nitrogen and oxygen atoms in total. The number of aliphatic hydroxyl groups excluding tert-OH is 1. The van der Waals surface area contributed by atoms with E-state index in [0.717, 1.165) is 41.4 Å². The number of halogens is 1. The van der Waals surface area contributed by atoms with Crippen molar-refractivity contribution in [1.29, 1.82) is 0 Å². The van der Waals surface area contributed by atoms with Gasteiger partial charge in [-0.1, -0.05) is 28.1 Å². The molecule has 1 aromatic carbocycles. The zero-order valence-electron chi connectivity index (χ0n) is 12.6. The van der Waals surface area contributed by atoms with Crippen molar-refractivity contribution in [2.75, 3.05) is 39.3 Å². The molecule has 0 bridgehead atoms. The van der Waals surface area contributed by atoms with Crippen molar-refractivity contribution < 1.29 is 9.90 Å². The maximum Gasteiger partial charge on any atom is 0.286 e. The van der Waals surface area contributed by atoms with E-state index in [4.69, 9.17) is 5.11 Å². The molecule has 23 heavy (non-hydrogen) atoms. The molecular weight excluding hydrogens is 378 g/mol. The molecule has 1 saturated heterocycles. The number of benzene rings is 1. The monoisotopic (exact) mass is 395 g/mol. The molecule has 2 heterocycles. The lowest BCUT2D eigenvalue weighted by Crippen LogP contribution is -2.48. The second-order valence-electron chi connectivity index (χ2n) is 5.41. The summed E-state index contributed by atoms with van der Waals surface area (Å²) in [5.41, 5.74) is 0.994. The van der Waals surface area contributed by atoms with Crippen LogP contribution in [0.1, 0.15) is 5.56 Å². The van der Waals surface area contributed by atoms with Crippen LogP contribution in [0.5, 0.6) is 0 Å². The molecule has 2 aliphatic rings. The highest BCUT2D eigenvalue weighted by molar-refractivity contribution is 9.10. The molecular formula is C16H18BrN3O2S. The first kappa shape index (κ1) is 16.7. The number of carbonyl (C=O) groups excluding carboxylic acids is 1. The fraction of sp³-hybridized carbons (Fsp3) is 0.375. The minimum Gasteiger partial charge on any atom is -0.395 e. The van der Waals surface area contributed by atoms with Crippen molar-refractivity contribution >= 4 is 44.8 Å². The summed E-state index contributed by atoms with van der Waals surface area (Å²) < 4.78 is 1.02. The van der Waals surface area contributed by atoms with Gasteiger partial charge in [0.05, 0.1) is 11.5 Å². The fourth-order valence-corrected chi connectivity index (χ4v) is 3.78. The molecule has 122 valence electrons. The molecule has 3 rings (SSSR count). The Labute approximate surface area is 148 Å². The second kappa shape index (κ2) is 7.61. The summed E-state index contributed by atoms with van der Waals surface area (Å²) in [6, 6.07) is 7.85. The van der Waals surface area contributed by atoms with Crippen LogP contribution in [0, 0.1) is 0 Å². The summed E-state index contributed by atoms with van der Waals surface area (Å²) >= 11 is 4.85. The number of aliphatic imine (C=N–C) groups is 1. The summed E-state index contributed by atoms with van der Waals surface area (Å²) in [7, 11) is 0. The Balaban J connectivity index is 1.63. The van der Waals surface area contributed by atoms with Gasteiger partial charge in [0.15, 0.2) is 5.17 Å². The van der Waals surface area contributed by atoms with Crippen molar-refractivity contribution in [3.05, 3.63) is 39.2 Å². The lowest BCUT2D eigenvalue weighted by molar-refractivity contribution is -0.113. The van der Waals surface area contributed by atoms with Gasteiger partial charge in [-0.05, 0) is 35.5 Å². The van der Waals surface area contributed by atoms with Crippen LogP contribution in [-0.4, -0.2) is 65.3 Å². The number of carbonyl (C=O) groups is 1. The fourth-order valence-electron chi connectivity index (χ4n) is 2.55. The molecule has 1 aromatic rings. The Bertz CT molecular complexity index is 637. The molecule has 1 fully saturated rings. The van der Waals surface area contributed by atoms with E-state index in [1.54, 1.807) is 0 Å². The SMILES string of the molecule is O=C1N=C(N2CCN(CCO)CC2)S/C1=C\c1ccc(Br)cc1. The molecule has 0 aliphatic carbocycles. The highest BCUT2D eigenvalue weighted by Gasteiger charge is 2.28. The third kappa shape index (κ3) is 4.23. The highest BCUT2D eigenvalue weighted by Crippen LogP contribution is 2.30. The first-order valence-corrected chi connectivity index (χ1v) is 9.13. The van der Waals surface area contributed by atoms with E-state index in [1.165, 1.54) is 11.8 Å². The van der Waals surface area contributed by atoms with Crippen LogP contribution >= 0.6 is 27.7 Å². The summed E-state index contributed by atoms with van der Waals surface area (Å²) in [5.74, 6) is -0.161. The number of thioether (sulfide) groups is 1. The minimum atomic E-state index is -0.161. The smallest absolute Gasteiger partial charge is 0.286 e. The van der Waals surface area contributed by atoms with Gasteiger partial charge in [-0.2, -0.15) is 4.99 Å². The molecule has 0 aromatic heterocycles. The average Bonchev–Trinajstić information content (AvgIpc) is 2.92. The standard InChI is InChI=1S/C16H18BrN3O2S/c17-13-3-1-12(2-4-13)11-14-15(22)18-16(23-14)20-7-5-19(6-8-20)9-10-21/h1-4,11,21H,5-10H2/b14-11-. The molecule has 1 amide bonds. The van der Waals surface area contributed by atoms with Gasteiger partial charge in [-0.25, -0.2) is 0 Å². The van der Waals surface area contributed by atoms with E-state index in [1.807, 2.05) is 30.3 Å². The van der Waals surface area contributed by atoms with Crippen LogP contribution in [0.4, 0.5) is 0 Å². The molecule has 0 unspecified atom stereocenters. The predicted octanol–water partition coefficient (Wildman–Crippen LogP) is 2.03. The van der Waals surface area contributed by atoms with E-state index in [-0.39, 0.29) is 12.5 Å². The lowest BCUT2D eigenvalue weighted by Gasteiger charge is -2.34. The number of hydrogen-bond donors (Lipinski definition) is 1. The Kier molecular flexibility index (Phi) is 5.53. The predicted molar refractivity (Wildman–Crippen MR) is 97.3 cm³/mol. The Hall–Kier alpha value is -1.15. The molecule has 0 saturated carbocycles. The normalized spacial score (nSPS) is 21.1. The maximum atomic E-state index is 12.1. The van der Waals surface area contributed by atoms with E-state index < -0.39 is 0 Å². The topological polar surface area (TPSA) is 56.1 Å². The van der Waals surface area contributed by atoms with Gasteiger partial charge in [0.25, 0.3) is 5.91 Å². The van der Waals surface area contributed by atoms with Gasteiger partial charge in [0.1, 0.15) is 0 Å². The lowest BCUT2D eigenvalue weighted by atomic mass is 10.2. The van der Waals surface area contributed by atoms with Crippen molar-refractivity contribution in [2.24, 2.45) is 4.99 Å². The molecule has 0 atom stereocenters. The zero-order valence-corrected chi connectivity index (χ0v) is 15.0. The van der Waals surface area contributed by atoms with E-state index in [2.05, 4.69) is 30.7 Å². The first-order valence-electron chi connectivity index (χ1n) is 7.52. The number of β-amino-alcohol motifs (C(OH)–C–C–N with tert-alkyl or cyclic N) is 1. The van der Waals surface area contributed by atoms with E-state index >= 15 is 0 Å². The van der Waals surface area contributed by atoms with Gasteiger partial charge in [-0.3, -0.25) is 9.69 Å². The van der Waals surface area contributed by atoms with Gasteiger partial charge < -0.3 is 10.0 Å². The number of amides is 1. The van der Waals surface area contributed by atoms with Crippen LogP contribution in [0.2, 0.25) is 0 Å². The maximum absolute atomic E-state index is 12.1. The number of hydrogen-bond acceptors (Lipinski definition) is 5. The average molecular weight is 396 g/mol. The van der Waals surface area contributed by atoms with Crippen LogP contribution in [-0.2, 0) is 4.79 Å². The van der Waals surface area contributed by atoms with Gasteiger partial charge in [0.2, 0.25) is 0 Å². The van der Waals surface area contributed by atoms with E-state index in [9.17, 15) is 4.79 Å². The zero-order chi connectivity index (χ0) is 16.2. The summed E-state index contributed by atoms with van der Waals surface area (Å²) in [4.78, 5) is 21.3. The molecule has 2 aliphatic heterocycles. The largest absolute Gasteiger partial charge is 0.395 e. The number of nitrogens with zero attached hydrogens (tertiary/aromatic N) is 3. The van der Waals surface area contributed by atoms with Crippen LogP contribution < -0.4 is 0 Å². The van der Waals surface area contributed by atoms with Crippen molar-refractivity contribution in [1.82, 2.24) is 9.80 Å². The van der Waals surface area contributed by atoms with Crippen molar-refractivity contribution in [3.8, 4) is 0 Å². The third-order valence-electron chi connectivity index (χ3n) is 3.84. The second-order valence-corrected chi connectivity index (χ2v) is 7.34. The summed E-state index contributed by atoms with van der Waals surface area (Å²) in [6.07, 6.45) is 1.89. The Morgan fingerprint density at radius 2 is 1.91 bits per heavy atom.